The molecule has 1 amide bonds. The number of Topliss-reactive ketones (excluding diaryl/α,β-unsaturated/α-hetero) is 1. The van der Waals surface area contributed by atoms with Gasteiger partial charge in [0.2, 0.25) is 0 Å². The lowest BCUT2D eigenvalue weighted by atomic mass is 9.94. The van der Waals surface area contributed by atoms with E-state index < -0.39 is 17.7 Å². The molecule has 1 saturated heterocycles. The maximum atomic E-state index is 13.3. The number of hydrogen-bond donors (Lipinski definition) is 1. The van der Waals surface area contributed by atoms with Crippen molar-refractivity contribution in [2.75, 3.05) is 19.0 Å². The van der Waals surface area contributed by atoms with Crippen molar-refractivity contribution in [1.82, 2.24) is 9.88 Å². The van der Waals surface area contributed by atoms with Crippen LogP contribution in [0.5, 0.6) is 0 Å². The predicted molar refractivity (Wildman–Crippen MR) is 137 cm³/mol. The second-order valence-electron chi connectivity index (χ2n) is 8.80. The van der Waals surface area contributed by atoms with Gasteiger partial charge in [-0.1, -0.05) is 54.6 Å². The van der Waals surface area contributed by atoms with Gasteiger partial charge in [0, 0.05) is 31.5 Å². The van der Waals surface area contributed by atoms with E-state index >= 15 is 0 Å². The first-order valence-corrected chi connectivity index (χ1v) is 11.4. The number of nitrogens with zero attached hydrogens (tertiary/aromatic N) is 3. The van der Waals surface area contributed by atoms with Crippen LogP contribution < -0.4 is 4.90 Å². The largest absolute Gasteiger partial charge is 0.507 e. The molecule has 3 aromatic carbocycles. The molecule has 1 atom stereocenters. The zero-order valence-electron chi connectivity index (χ0n) is 19.6. The van der Waals surface area contributed by atoms with Crippen molar-refractivity contribution in [2.45, 2.75) is 12.6 Å². The van der Waals surface area contributed by atoms with E-state index in [-0.39, 0.29) is 17.9 Å². The summed E-state index contributed by atoms with van der Waals surface area (Å²) < 4.78 is 0. The van der Waals surface area contributed by atoms with Crippen molar-refractivity contribution in [1.29, 1.82) is 0 Å². The van der Waals surface area contributed by atoms with Gasteiger partial charge >= 0.3 is 0 Å². The summed E-state index contributed by atoms with van der Waals surface area (Å²) in [6.45, 7) is 0.153. The fourth-order valence-corrected chi connectivity index (χ4v) is 4.50. The van der Waals surface area contributed by atoms with E-state index in [4.69, 9.17) is 0 Å². The summed E-state index contributed by atoms with van der Waals surface area (Å²) in [4.78, 5) is 34.3. The quantitative estimate of drug-likeness (QED) is 0.258. The normalized spacial score (nSPS) is 17.2. The number of carbonyl (C=O) groups is 2. The molecule has 6 heteroatoms. The standard InChI is InChI=1S/C29H25N3O3/c1-31(2)24-14-12-20(13-15-24)26-25(27(33)22-11-10-19-7-3-4-8-21(19)17-22)28(34)29(35)32(26)18-23-9-5-6-16-30-23/h3-17,26,33H,18H2,1-2H3/b27-25-. The third kappa shape index (κ3) is 4.15. The molecule has 174 valence electrons. The molecule has 1 aliphatic rings. The molecule has 1 N–H and O–H groups in total. The van der Waals surface area contributed by atoms with Crippen LogP contribution in [-0.2, 0) is 16.1 Å². The van der Waals surface area contributed by atoms with Gasteiger partial charge in [-0.2, -0.15) is 0 Å². The number of aliphatic hydroxyl groups excluding tert-OH is 1. The third-order valence-electron chi connectivity index (χ3n) is 6.35. The van der Waals surface area contributed by atoms with Crippen molar-refractivity contribution >= 4 is 33.9 Å². The average Bonchev–Trinajstić information content (AvgIpc) is 3.13. The molecule has 2 heterocycles. The molecule has 0 saturated carbocycles. The summed E-state index contributed by atoms with van der Waals surface area (Å²) >= 11 is 0. The number of aliphatic hydroxyl groups is 1. The fourth-order valence-electron chi connectivity index (χ4n) is 4.50. The number of carbonyl (C=O) groups excluding carboxylic acids is 2. The lowest BCUT2D eigenvalue weighted by Crippen LogP contribution is -2.29. The van der Waals surface area contributed by atoms with Crippen LogP contribution in [0.25, 0.3) is 16.5 Å². The number of ketones is 1. The minimum Gasteiger partial charge on any atom is -0.507 e. The maximum Gasteiger partial charge on any atom is 0.296 e. The summed E-state index contributed by atoms with van der Waals surface area (Å²) in [5.41, 5.74) is 2.97. The fraction of sp³-hybridized carbons (Fsp3) is 0.138. The van der Waals surface area contributed by atoms with Gasteiger partial charge in [-0.15, -0.1) is 0 Å². The summed E-state index contributed by atoms with van der Waals surface area (Å²) in [5, 5.41) is 13.3. The first-order chi connectivity index (χ1) is 16.9. The number of pyridine rings is 1. The van der Waals surface area contributed by atoms with E-state index in [0.717, 1.165) is 22.0 Å². The molecule has 0 spiro atoms. The van der Waals surface area contributed by atoms with Crippen molar-refractivity contribution in [2.24, 2.45) is 0 Å². The van der Waals surface area contributed by atoms with Gasteiger partial charge < -0.3 is 14.9 Å². The van der Waals surface area contributed by atoms with E-state index in [1.165, 1.54) is 4.90 Å². The van der Waals surface area contributed by atoms with E-state index in [2.05, 4.69) is 4.98 Å². The molecule has 1 aliphatic heterocycles. The van der Waals surface area contributed by atoms with E-state index in [0.29, 0.717) is 11.3 Å². The van der Waals surface area contributed by atoms with Crippen LogP contribution in [0.3, 0.4) is 0 Å². The summed E-state index contributed by atoms with van der Waals surface area (Å²) in [6, 6.07) is 25.7. The molecule has 6 nitrogen and oxygen atoms in total. The van der Waals surface area contributed by atoms with Crippen molar-refractivity contribution < 1.29 is 14.7 Å². The lowest BCUT2D eigenvalue weighted by Gasteiger charge is -2.25. The minimum absolute atomic E-state index is 0.0822. The number of fused-ring (bicyclic) bond motifs is 1. The highest BCUT2D eigenvalue weighted by molar-refractivity contribution is 6.46. The monoisotopic (exact) mass is 463 g/mol. The van der Waals surface area contributed by atoms with Gasteiger partial charge in [0.1, 0.15) is 5.76 Å². The second-order valence-corrected chi connectivity index (χ2v) is 8.80. The molecule has 35 heavy (non-hydrogen) atoms. The van der Waals surface area contributed by atoms with Crippen LogP contribution in [0.15, 0.2) is 96.7 Å². The molecule has 1 unspecified atom stereocenters. The number of hydrogen-bond acceptors (Lipinski definition) is 5. The maximum absolute atomic E-state index is 13.3. The van der Waals surface area contributed by atoms with Crippen LogP contribution in [0.1, 0.15) is 22.9 Å². The highest BCUT2D eigenvalue weighted by Crippen LogP contribution is 2.40. The Hall–Kier alpha value is -4.45. The smallest absolute Gasteiger partial charge is 0.296 e. The van der Waals surface area contributed by atoms with Gasteiger partial charge in [-0.25, -0.2) is 0 Å². The molecule has 5 rings (SSSR count). The van der Waals surface area contributed by atoms with Gasteiger partial charge in [0.25, 0.3) is 11.7 Å². The molecule has 1 aromatic heterocycles. The van der Waals surface area contributed by atoms with Crippen LogP contribution >= 0.6 is 0 Å². The number of amides is 1. The van der Waals surface area contributed by atoms with Gasteiger partial charge in [0.05, 0.1) is 23.9 Å². The number of benzene rings is 3. The predicted octanol–water partition coefficient (Wildman–Crippen LogP) is 4.92. The highest BCUT2D eigenvalue weighted by atomic mass is 16.3. The Kier molecular flexibility index (Phi) is 5.79. The highest BCUT2D eigenvalue weighted by Gasteiger charge is 2.46. The minimum atomic E-state index is -0.736. The summed E-state index contributed by atoms with van der Waals surface area (Å²) in [6.07, 6.45) is 1.65. The SMILES string of the molecule is CN(C)c1ccc(C2/C(=C(/O)c3ccc4ccccc4c3)C(=O)C(=O)N2Cc2ccccn2)cc1. The second kappa shape index (κ2) is 9.06. The Labute approximate surface area is 203 Å². The Morgan fingerprint density at radius 1 is 0.914 bits per heavy atom. The average molecular weight is 464 g/mol. The summed E-state index contributed by atoms with van der Waals surface area (Å²) in [7, 11) is 3.89. The molecule has 0 bridgehead atoms. The Morgan fingerprint density at radius 2 is 1.63 bits per heavy atom. The molecule has 1 fully saturated rings. The lowest BCUT2D eigenvalue weighted by molar-refractivity contribution is -0.140. The van der Waals surface area contributed by atoms with Crippen LogP contribution in [0, 0.1) is 0 Å². The summed E-state index contributed by atoms with van der Waals surface area (Å²) in [5.74, 6) is -1.53. The first kappa shape index (κ1) is 22.3. The molecule has 4 aromatic rings. The Balaban J connectivity index is 1.65. The Morgan fingerprint density at radius 3 is 2.31 bits per heavy atom. The number of likely N-dealkylation sites (tertiary alicyclic amines) is 1. The van der Waals surface area contributed by atoms with E-state index in [9.17, 15) is 14.7 Å². The molecule has 0 aliphatic carbocycles. The third-order valence-corrected chi connectivity index (χ3v) is 6.35. The van der Waals surface area contributed by atoms with Crippen LogP contribution in [0.2, 0.25) is 0 Å². The van der Waals surface area contributed by atoms with Crippen molar-refractivity contribution in [3.05, 3.63) is 114 Å². The number of aromatic nitrogens is 1. The number of anilines is 1. The van der Waals surface area contributed by atoms with E-state index in [1.54, 1.807) is 18.3 Å². The van der Waals surface area contributed by atoms with Crippen LogP contribution in [-0.4, -0.2) is 40.8 Å². The van der Waals surface area contributed by atoms with Gasteiger partial charge in [-0.3, -0.25) is 14.6 Å². The van der Waals surface area contributed by atoms with Crippen LogP contribution in [0.4, 0.5) is 5.69 Å². The number of rotatable bonds is 5. The van der Waals surface area contributed by atoms with Gasteiger partial charge in [-0.05, 0) is 46.7 Å². The Bertz CT molecular complexity index is 1440. The van der Waals surface area contributed by atoms with E-state index in [1.807, 2.05) is 91.8 Å². The van der Waals surface area contributed by atoms with Crippen molar-refractivity contribution in [3.63, 3.8) is 0 Å². The van der Waals surface area contributed by atoms with Crippen molar-refractivity contribution in [3.8, 4) is 0 Å². The zero-order chi connectivity index (χ0) is 24.5. The van der Waals surface area contributed by atoms with Gasteiger partial charge in [0.15, 0.2) is 0 Å². The molecular formula is C29H25N3O3. The topological polar surface area (TPSA) is 73.7 Å². The first-order valence-electron chi connectivity index (χ1n) is 11.4. The molecule has 0 radical (unpaired) electrons. The zero-order valence-corrected chi connectivity index (χ0v) is 19.6. The molecular weight excluding hydrogens is 438 g/mol.